The zero-order valence-electron chi connectivity index (χ0n) is 15.2. The van der Waals surface area contributed by atoms with Gasteiger partial charge < -0.3 is 9.47 Å². The van der Waals surface area contributed by atoms with Crippen LogP contribution in [0.4, 0.5) is 0 Å². The van der Waals surface area contributed by atoms with Gasteiger partial charge in [0.1, 0.15) is 5.76 Å². The number of hydrogen-bond acceptors (Lipinski definition) is 7. The third-order valence-corrected chi connectivity index (χ3v) is 4.97. The fourth-order valence-electron chi connectivity index (χ4n) is 2.52. The van der Waals surface area contributed by atoms with E-state index in [-0.39, 0.29) is 17.2 Å². The maximum Gasteiger partial charge on any atom is 0.346 e. The largest absolute Gasteiger partial charge is 0.479 e. The molecule has 8 heteroatoms. The normalized spacial score (nSPS) is 25.8. The summed E-state index contributed by atoms with van der Waals surface area (Å²) in [7, 11) is 1.24. The number of methoxy groups -OCH3 is 1. The first-order chi connectivity index (χ1) is 11.4. The first-order valence-electron chi connectivity index (χ1n) is 7.84. The van der Waals surface area contributed by atoms with E-state index in [1.807, 2.05) is 0 Å². The van der Waals surface area contributed by atoms with Gasteiger partial charge in [0.05, 0.1) is 23.8 Å². The summed E-state index contributed by atoms with van der Waals surface area (Å²) in [6.07, 6.45) is 3.07. The zero-order chi connectivity index (χ0) is 19.2. The number of carbonyl (C=O) groups excluding carboxylic acids is 2. The molecule has 0 aromatic rings. The van der Waals surface area contributed by atoms with Crippen LogP contribution in [0.3, 0.4) is 0 Å². The number of allylic oxidation sites excluding steroid dienone is 4. The van der Waals surface area contributed by atoms with Crippen LogP contribution in [0.25, 0.3) is 0 Å². The SMILES string of the molecule is COC(=O)[C@@H](C)OC1=C/C(=C2\N([O])C(C)(C)C(C)(C)N2O)C(=O)C=C1. The second-order valence-electron chi connectivity index (χ2n) is 6.99. The average molecular weight is 351 g/mol. The van der Waals surface area contributed by atoms with E-state index >= 15 is 0 Å². The van der Waals surface area contributed by atoms with Crippen LogP contribution in [0.1, 0.15) is 34.6 Å². The van der Waals surface area contributed by atoms with Crippen molar-refractivity contribution in [3.05, 3.63) is 35.4 Å². The molecule has 8 nitrogen and oxygen atoms in total. The van der Waals surface area contributed by atoms with Crippen LogP contribution in [0.15, 0.2) is 35.4 Å². The second kappa shape index (κ2) is 6.20. The molecular weight excluding hydrogens is 328 g/mol. The van der Waals surface area contributed by atoms with Crippen LogP contribution in [0.5, 0.6) is 0 Å². The van der Waals surface area contributed by atoms with Gasteiger partial charge in [-0.1, -0.05) is 5.21 Å². The number of rotatable bonds is 3. The lowest BCUT2D eigenvalue weighted by Gasteiger charge is -2.36. The molecule has 1 aliphatic carbocycles. The van der Waals surface area contributed by atoms with Crippen molar-refractivity contribution >= 4 is 11.8 Å². The van der Waals surface area contributed by atoms with Gasteiger partial charge in [-0.2, -0.15) is 5.06 Å². The van der Waals surface area contributed by atoms with Gasteiger partial charge in [0, 0.05) is 0 Å². The number of ether oxygens (including phenoxy) is 2. The van der Waals surface area contributed by atoms with Crippen molar-refractivity contribution in [3.63, 3.8) is 0 Å². The standard InChI is InChI=1S/C17H23N2O6/c1-10(15(21)24-6)25-11-7-8-13(20)12(9-11)14-18(22)16(2,3)17(4,5)19(14)23/h7-10,22H,1-6H3/b14-12+/t10-/m1/s1. The minimum absolute atomic E-state index is 0.00860. The molecular formula is C17H23N2O6. The van der Waals surface area contributed by atoms with Gasteiger partial charge in [-0.3, -0.25) is 10.0 Å². The lowest BCUT2D eigenvalue weighted by atomic mass is 9.84. The number of nitrogens with zero attached hydrogens (tertiary/aromatic N) is 2. The number of esters is 1. The molecule has 0 aromatic carbocycles. The van der Waals surface area contributed by atoms with Gasteiger partial charge in [-0.05, 0) is 52.8 Å². The average Bonchev–Trinajstić information content (AvgIpc) is 2.66. The fraction of sp³-hybridized carbons (Fsp3) is 0.529. The Morgan fingerprint density at radius 1 is 1.20 bits per heavy atom. The van der Waals surface area contributed by atoms with Crippen LogP contribution in [0, 0.1) is 0 Å². The molecule has 25 heavy (non-hydrogen) atoms. The lowest BCUT2D eigenvalue weighted by molar-refractivity contribution is -0.182. The Hall–Kier alpha value is -2.32. The monoisotopic (exact) mass is 351 g/mol. The van der Waals surface area contributed by atoms with Crippen molar-refractivity contribution in [2.24, 2.45) is 0 Å². The highest BCUT2D eigenvalue weighted by molar-refractivity contribution is 6.08. The number of hydrogen-bond donors (Lipinski definition) is 1. The van der Waals surface area contributed by atoms with Crippen LogP contribution < -0.4 is 0 Å². The van der Waals surface area contributed by atoms with Crippen molar-refractivity contribution in [1.82, 2.24) is 10.1 Å². The molecule has 1 N–H and O–H groups in total. The fourth-order valence-corrected chi connectivity index (χ4v) is 2.52. The third-order valence-electron chi connectivity index (χ3n) is 4.97. The molecule has 0 aromatic heterocycles. The molecule has 1 aliphatic heterocycles. The molecule has 1 fully saturated rings. The molecule has 0 bridgehead atoms. The predicted octanol–water partition coefficient (Wildman–Crippen LogP) is 1.71. The Morgan fingerprint density at radius 3 is 2.28 bits per heavy atom. The van der Waals surface area contributed by atoms with Gasteiger partial charge in [0.15, 0.2) is 17.7 Å². The Kier molecular flexibility index (Phi) is 4.71. The smallest absolute Gasteiger partial charge is 0.346 e. The maximum atomic E-state index is 12.7. The van der Waals surface area contributed by atoms with Crippen LogP contribution in [-0.2, 0) is 24.3 Å². The van der Waals surface area contributed by atoms with E-state index in [4.69, 9.17) is 4.74 Å². The molecule has 2 aliphatic rings. The Bertz CT molecular complexity index is 667. The maximum absolute atomic E-state index is 12.7. The molecule has 0 unspecified atom stereocenters. The third kappa shape index (κ3) is 2.91. The van der Waals surface area contributed by atoms with Crippen LogP contribution in [0.2, 0.25) is 0 Å². The van der Waals surface area contributed by atoms with E-state index in [2.05, 4.69) is 4.74 Å². The lowest BCUT2D eigenvalue weighted by Crippen LogP contribution is -2.52. The number of hydroxylamine groups is 4. The van der Waals surface area contributed by atoms with Crippen LogP contribution in [-0.4, -0.2) is 51.4 Å². The van der Waals surface area contributed by atoms with E-state index < -0.39 is 28.9 Å². The highest BCUT2D eigenvalue weighted by Gasteiger charge is 2.57. The predicted molar refractivity (Wildman–Crippen MR) is 86.1 cm³/mol. The van der Waals surface area contributed by atoms with Gasteiger partial charge in [-0.15, -0.1) is 0 Å². The summed E-state index contributed by atoms with van der Waals surface area (Å²) >= 11 is 0. The minimum atomic E-state index is -0.973. The van der Waals surface area contributed by atoms with Crippen molar-refractivity contribution in [2.45, 2.75) is 51.8 Å². The summed E-state index contributed by atoms with van der Waals surface area (Å²) in [4.78, 5) is 23.8. The molecule has 2 rings (SSSR count). The van der Waals surface area contributed by atoms with Gasteiger partial charge in [0.25, 0.3) is 0 Å². The molecule has 1 atom stereocenters. The van der Waals surface area contributed by atoms with Crippen molar-refractivity contribution in [3.8, 4) is 0 Å². The van der Waals surface area contributed by atoms with Crippen molar-refractivity contribution < 1.29 is 29.5 Å². The zero-order valence-corrected chi connectivity index (χ0v) is 15.2. The first-order valence-corrected chi connectivity index (χ1v) is 7.84. The Morgan fingerprint density at radius 2 is 1.80 bits per heavy atom. The number of ketones is 1. The van der Waals surface area contributed by atoms with Gasteiger partial charge in [-0.25, -0.2) is 9.86 Å². The molecule has 0 spiro atoms. The van der Waals surface area contributed by atoms with Gasteiger partial charge >= 0.3 is 5.97 Å². The molecule has 1 radical (unpaired) electrons. The summed E-state index contributed by atoms with van der Waals surface area (Å²) in [6, 6.07) is 0. The second-order valence-corrected chi connectivity index (χ2v) is 6.99. The summed E-state index contributed by atoms with van der Waals surface area (Å²) in [5.41, 5.74) is -1.91. The molecule has 137 valence electrons. The highest BCUT2D eigenvalue weighted by Crippen LogP contribution is 2.45. The molecule has 0 saturated carbocycles. The Balaban J connectivity index is 2.46. The van der Waals surface area contributed by atoms with E-state index in [0.29, 0.717) is 5.06 Å². The molecule has 0 amide bonds. The first kappa shape index (κ1) is 19.0. The van der Waals surface area contributed by atoms with E-state index in [0.717, 1.165) is 5.06 Å². The van der Waals surface area contributed by atoms with E-state index in [1.165, 1.54) is 32.3 Å². The summed E-state index contributed by atoms with van der Waals surface area (Å²) in [6.45, 7) is 8.27. The topological polar surface area (TPSA) is 99.2 Å². The van der Waals surface area contributed by atoms with Gasteiger partial charge in [0.2, 0.25) is 0 Å². The van der Waals surface area contributed by atoms with Crippen LogP contribution >= 0.6 is 0 Å². The quantitative estimate of drug-likeness (QED) is 0.610. The van der Waals surface area contributed by atoms with Crippen molar-refractivity contribution in [2.75, 3.05) is 7.11 Å². The van der Waals surface area contributed by atoms with E-state index in [1.54, 1.807) is 27.7 Å². The molecule has 1 saturated heterocycles. The summed E-state index contributed by atoms with van der Waals surface area (Å²) in [5.74, 6) is -0.959. The molecule has 1 heterocycles. The summed E-state index contributed by atoms with van der Waals surface area (Å²) < 4.78 is 10.0. The van der Waals surface area contributed by atoms with E-state index in [9.17, 15) is 20.0 Å². The van der Waals surface area contributed by atoms with Crippen molar-refractivity contribution in [1.29, 1.82) is 0 Å². The summed E-state index contributed by atoms with van der Waals surface area (Å²) in [5, 5.41) is 24.7. The number of carbonyl (C=O) groups is 2. The highest BCUT2D eigenvalue weighted by atomic mass is 16.6. The Labute approximate surface area is 146 Å². The minimum Gasteiger partial charge on any atom is -0.479 e.